The summed E-state index contributed by atoms with van der Waals surface area (Å²) in [4.78, 5) is 82.9. The molecule has 2 aromatic carbocycles. The number of nitrogens with two attached hydrogens (primary N) is 2. The number of carboxylic acids is 2. The van der Waals surface area contributed by atoms with E-state index in [0.717, 1.165) is 24.3 Å². The maximum atomic E-state index is 15.7. The van der Waals surface area contributed by atoms with Crippen LogP contribution in [0.15, 0.2) is 86.0 Å². The molecular formula is C39H34F2N12O10. The van der Waals surface area contributed by atoms with Gasteiger partial charge in [-0.25, -0.2) is 28.3 Å². The highest BCUT2D eigenvalue weighted by molar-refractivity contribution is 6.08. The van der Waals surface area contributed by atoms with Gasteiger partial charge in [-0.2, -0.15) is 0 Å². The van der Waals surface area contributed by atoms with Gasteiger partial charge in [-0.1, -0.05) is 0 Å². The summed E-state index contributed by atoms with van der Waals surface area (Å²) in [5, 5.41) is 38.9. The second-order valence-electron chi connectivity index (χ2n) is 13.3. The molecule has 0 saturated heterocycles. The van der Waals surface area contributed by atoms with Crippen LogP contribution < -0.4 is 22.1 Å². The first-order valence-electron chi connectivity index (χ1n) is 18.4. The molecule has 0 aliphatic rings. The number of nitrogens with one attached hydrogen (secondary N) is 2. The number of anilines is 2. The Bertz CT molecular complexity index is 2470. The Hall–Kier alpha value is -8.38. The van der Waals surface area contributed by atoms with Gasteiger partial charge in [-0.15, -0.1) is 20.4 Å². The zero-order valence-corrected chi connectivity index (χ0v) is 32.4. The van der Waals surface area contributed by atoms with Crippen molar-refractivity contribution in [2.45, 2.75) is 31.3 Å². The fraction of sp³-hybridized carbons (Fsp3) is 0.179. The summed E-state index contributed by atoms with van der Waals surface area (Å²) in [5.41, 5.74) is 8.86. The SMILES string of the molecule is N[C@H](COC(=O)c1cc(F)c(CCCc2cc(NC(=O)c3ccc(-n4ccnc4)nn3)c(C(=O)OC[C@@H](N)C(=O)O)cc2F)cc1NC(=O)c1ccc(-n2ccnc2)nn1)C(=O)O. The van der Waals surface area contributed by atoms with Crippen molar-refractivity contribution in [1.82, 2.24) is 39.5 Å². The summed E-state index contributed by atoms with van der Waals surface area (Å²) < 4.78 is 44.3. The molecule has 6 aromatic rings. The van der Waals surface area contributed by atoms with Gasteiger partial charge < -0.3 is 41.8 Å². The third-order valence-electron chi connectivity index (χ3n) is 8.93. The lowest BCUT2D eigenvalue weighted by Gasteiger charge is -2.16. The predicted molar refractivity (Wildman–Crippen MR) is 211 cm³/mol. The molecule has 0 unspecified atom stereocenters. The number of esters is 2. The molecule has 0 spiro atoms. The number of hydrogen-bond acceptors (Lipinski definition) is 16. The molecule has 324 valence electrons. The van der Waals surface area contributed by atoms with Gasteiger partial charge in [0.15, 0.2) is 23.0 Å². The Balaban J connectivity index is 1.23. The van der Waals surface area contributed by atoms with Crippen molar-refractivity contribution in [3.05, 3.63) is 131 Å². The summed E-state index contributed by atoms with van der Waals surface area (Å²) in [5.74, 6) is -8.33. The number of hydrogen-bond donors (Lipinski definition) is 6. The Morgan fingerprint density at radius 3 is 1.38 bits per heavy atom. The van der Waals surface area contributed by atoms with E-state index in [2.05, 4.69) is 41.0 Å². The molecule has 4 aromatic heterocycles. The van der Waals surface area contributed by atoms with Crippen LogP contribution in [0.25, 0.3) is 11.6 Å². The average molecular weight is 869 g/mol. The van der Waals surface area contributed by atoms with Crippen molar-refractivity contribution in [2.75, 3.05) is 23.8 Å². The smallest absolute Gasteiger partial charge is 0.340 e. The molecule has 22 nitrogen and oxygen atoms in total. The van der Waals surface area contributed by atoms with Crippen LogP contribution in [0.5, 0.6) is 0 Å². The molecule has 24 heteroatoms. The molecule has 0 bridgehead atoms. The lowest BCUT2D eigenvalue weighted by Crippen LogP contribution is -2.35. The van der Waals surface area contributed by atoms with E-state index in [1.165, 1.54) is 58.4 Å². The van der Waals surface area contributed by atoms with E-state index >= 15 is 8.78 Å². The number of nitrogens with zero attached hydrogens (tertiary/aromatic N) is 8. The molecule has 8 N–H and O–H groups in total. The average Bonchev–Trinajstić information content (AvgIpc) is 4.03. The number of aliphatic carboxylic acids is 2. The Morgan fingerprint density at radius 2 is 1.05 bits per heavy atom. The molecule has 2 amide bonds. The topological polar surface area (TPSA) is 325 Å². The second kappa shape index (κ2) is 19.8. The Labute approximate surface area is 352 Å². The lowest BCUT2D eigenvalue weighted by molar-refractivity contribution is -0.140. The first-order valence-corrected chi connectivity index (χ1v) is 18.4. The van der Waals surface area contributed by atoms with Gasteiger partial charge in [0.05, 0.1) is 22.5 Å². The van der Waals surface area contributed by atoms with E-state index < -0.39 is 83.8 Å². The van der Waals surface area contributed by atoms with Gasteiger partial charge in [-0.05, 0) is 78.9 Å². The zero-order chi connectivity index (χ0) is 45.2. The quantitative estimate of drug-likeness (QED) is 0.0670. The van der Waals surface area contributed by atoms with E-state index in [-0.39, 0.29) is 53.2 Å². The maximum Gasteiger partial charge on any atom is 0.340 e. The lowest BCUT2D eigenvalue weighted by atomic mass is 9.99. The third kappa shape index (κ3) is 11.1. The molecule has 6 rings (SSSR count). The fourth-order valence-electron chi connectivity index (χ4n) is 5.59. The summed E-state index contributed by atoms with van der Waals surface area (Å²) in [7, 11) is 0. The molecule has 0 radical (unpaired) electrons. The van der Waals surface area contributed by atoms with Crippen molar-refractivity contribution < 1.29 is 57.2 Å². The Kier molecular flexibility index (Phi) is 13.9. The van der Waals surface area contributed by atoms with Crippen molar-refractivity contribution in [2.24, 2.45) is 11.5 Å². The summed E-state index contributed by atoms with van der Waals surface area (Å²) >= 11 is 0. The van der Waals surface area contributed by atoms with Gasteiger partial charge in [0.1, 0.15) is 49.6 Å². The summed E-state index contributed by atoms with van der Waals surface area (Å²) in [6, 6.07) is 6.21. The van der Waals surface area contributed by atoms with Gasteiger partial charge in [-0.3, -0.25) is 28.3 Å². The van der Waals surface area contributed by atoms with E-state index in [1.807, 2.05) is 0 Å². The van der Waals surface area contributed by atoms with E-state index in [0.29, 0.717) is 11.6 Å². The highest BCUT2D eigenvalue weighted by Gasteiger charge is 2.25. The van der Waals surface area contributed by atoms with Crippen molar-refractivity contribution in [3.8, 4) is 11.6 Å². The normalized spacial score (nSPS) is 11.9. The monoisotopic (exact) mass is 868 g/mol. The number of carbonyl (C=O) groups excluding carboxylic acids is 4. The van der Waals surface area contributed by atoms with Crippen LogP contribution in [-0.4, -0.2) is 111 Å². The van der Waals surface area contributed by atoms with Crippen LogP contribution in [0.3, 0.4) is 0 Å². The largest absolute Gasteiger partial charge is 0.480 e. The maximum absolute atomic E-state index is 15.7. The molecule has 63 heavy (non-hydrogen) atoms. The number of benzene rings is 2. The highest BCUT2D eigenvalue weighted by atomic mass is 19.1. The van der Waals surface area contributed by atoms with Crippen LogP contribution in [0.1, 0.15) is 59.2 Å². The van der Waals surface area contributed by atoms with Crippen molar-refractivity contribution in [3.63, 3.8) is 0 Å². The van der Waals surface area contributed by atoms with Crippen LogP contribution in [0.2, 0.25) is 0 Å². The van der Waals surface area contributed by atoms with Crippen LogP contribution >= 0.6 is 0 Å². The Morgan fingerprint density at radius 1 is 0.635 bits per heavy atom. The van der Waals surface area contributed by atoms with E-state index in [4.69, 9.17) is 31.2 Å². The van der Waals surface area contributed by atoms with E-state index in [1.54, 1.807) is 12.4 Å². The number of carbonyl (C=O) groups is 6. The number of imidazole rings is 2. The fourth-order valence-corrected chi connectivity index (χ4v) is 5.59. The molecule has 4 heterocycles. The molecule has 0 fully saturated rings. The number of amides is 2. The summed E-state index contributed by atoms with van der Waals surface area (Å²) in [6.45, 7) is -1.56. The van der Waals surface area contributed by atoms with Crippen LogP contribution in [0.4, 0.5) is 20.2 Å². The van der Waals surface area contributed by atoms with Crippen LogP contribution in [0, 0.1) is 11.6 Å². The first-order chi connectivity index (χ1) is 30.2. The standard InChI is InChI=1S/C39H34F2N12O10/c40-24-14-22(38(60)62-16-26(42)36(56)57)30(46-34(54)28-4-6-32(50-48-28)52-10-8-44-18-52)12-20(24)2-1-3-21-13-31(23(15-25(21)41)39(61)63-17-27(43)37(58)59)47-35(55)29-5-7-33(51-49-29)53-11-9-45-19-53/h4-15,18-19,26-27H,1-3,16-17,42-43H2,(H,46,54)(H,47,55)(H,56,57)(H,58,59)/t26-,27-/m1/s1. The predicted octanol–water partition coefficient (Wildman–Crippen LogP) is 1.73. The van der Waals surface area contributed by atoms with Crippen LogP contribution in [-0.2, 0) is 31.9 Å². The molecule has 0 aliphatic carbocycles. The number of aryl methyl sites for hydroxylation is 2. The zero-order valence-electron chi connectivity index (χ0n) is 32.4. The van der Waals surface area contributed by atoms with Gasteiger partial charge >= 0.3 is 23.9 Å². The molecule has 0 saturated carbocycles. The highest BCUT2D eigenvalue weighted by Crippen LogP contribution is 2.27. The van der Waals surface area contributed by atoms with Gasteiger partial charge in [0.25, 0.3) is 11.8 Å². The van der Waals surface area contributed by atoms with Gasteiger partial charge in [0, 0.05) is 24.8 Å². The first kappa shape index (κ1) is 44.2. The number of ether oxygens (including phenoxy) is 2. The molecule has 0 aliphatic heterocycles. The third-order valence-corrected chi connectivity index (χ3v) is 8.93. The number of halogens is 2. The second-order valence-corrected chi connectivity index (χ2v) is 13.3. The van der Waals surface area contributed by atoms with Crippen molar-refractivity contribution >= 4 is 47.1 Å². The molecule has 2 atom stereocenters. The summed E-state index contributed by atoms with van der Waals surface area (Å²) in [6.07, 6.45) is 8.86. The molecular weight excluding hydrogens is 834 g/mol. The van der Waals surface area contributed by atoms with Crippen molar-refractivity contribution in [1.29, 1.82) is 0 Å². The number of carboxylic acid groups (broad SMARTS) is 2. The van der Waals surface area contributed by atoms with Gasteiger partial charge in [0.2, 0.25) is 0 Å². The number of aromatic nitrogens is 8. The number of rotatable bonds is 18. The minimum absolute atomic E-state index is 0.00546. The minimum Gasteiger partial charge on any atom is -0.480 e. The minimum atomic E-state index is -1.60. The van der Waals surface area contributed by atoms with E-state index in [9.17, 15) is 28.8 Å².